The van der Waals surface area contributed by atoms with Crippen molar-refractivity contribution >= 4 is 23.7 Å². The maximum absolute atomic E-state index is 13.9. The molecule has 12 nitrogen and oxygen atoms in total. The third kappa shape index (κ3) is 9.44. The molecule has 4 aromatic rings. The fourth-order valence-corrected chi connectivity index (χ4v) is 7.27. The summed E-state index contributed by atoms with van der Waals surface area (Å²) < 4.78 is 18.1. The summed E-state index contributed by atoms with van der Waals surface area (Å²) in [5.74, 6) is -3.08. The van der Waals surface area contributed by atoms with Gasteiger partial charge in [0.15, 0.2) is 25.6 Å². The van der Waals surface area contributed by atoms with Crippen molar-refractivity contribution in [3.8, 4) is 17.2 Å². The van der Waals surface area contributed by atoms with Gasteiger partial charge in [0.2, 0.25) is 0 Å². The molecule has 0 heterocycles. The van der Waals surface area contributed by atoms with E-state index in [-0.39, 0.29) is 25.7 Å². The lowest BCUT2D eigenvalue weighted by Crippen LogP contribution is -2.17. The van der Waals surface area contributed by atoms with Gasteiger partial charge in [-0.2, -0.15) is 0 Å². The first-order valence-corrected chi connectivity index (χ1v) is 17.7. The number of fused-ring (bicyclic) bond motifs is 8. The molecule has 0 spiro atoms. The minimum atomic E-state index is -1.18. The molecule has 4 N–H and O–H groups in total. The normalized spacial score (nSPS) is 12.2. The highest BCUT2D eigenvalue weighted by Gasteiger charge is 2.26. The van der Waals surface area contributed by atoms with Gasteiger partial charge in [-0.3, -0.25) is 10.1 Å². The van der Waals surface area contributed by atoms with Crippen LogP contribution in [0.25, 0.3) is 0 Å². The van der Waals surface area contributed by atoms with E-state index in [1.807, 2.05) is 76.2 Å². The molecule has 54 heavy (non-hydrogen) atoms. The van der Waals surface area contributed by atoms with Crippen molar-refractivity contribution in [1.29, 1.82) is 0 Å². The van der Waals surface area contributed by atoms with Crippen molar-refractivity contribution in [1.82, 2.24) is 0 Å². The number of aliphatic carboxylic acids is 3. The summed E-state index contributed by atoms with van der Waals surface area (Å²) in [4.78, 5) is 53.8. The zero-order chi connectivity index (χ0) is 39.1. The molecule has 5 rings (SSSR count). The van der Waals surface area contributed by atoms with Crippen LogP contribution in [0.4, 0.5) is 0 Å². The van der Waals surface area contributed by atoms with Crippen LogP contribution in [0.1, 0.15) is 91.0 Å². The molecule has 0 atom stereocenters. The number of hydrogen-bond acceptors (Lipinski definition) is 9. The van der Waals surface area contributed by atoms with Crippen LogP contribution in [0.2, 0.25) is 0 Å². The molecular weight excluding hydrogens is 696 g/mol. The minimum Gasteiger partial charge on any atom is -0.481 e. The summed E-state index contributed by atoms with van der Waals surface area (Å²) in [6.07, 6.45) is 1.86. The minimum absolute atomic E-state index is 0.140. The molecule has 0 radical (unpaired) electrons. The number of benzene rings is 4. The van der Waals surface area contributed by atoms with Crippen molar-refractivity contribution in [2.24, 2.45) is 0 Å². The number of rotatable bonds is 14. The van der Waals surface area contributed by atoms with E-state index in [2.05, 4.69) is 4.89 Å². The summed E-state index contributed by atoms with van der Waals surface area (Å²) in [7, 11) is 0. The molecule has 0 fully saturated rings. The number of carboxylic acid groups (broad SMARTS) is 3. The van der Waals surface area contributed by atoms with Gasteiger partial charge in [-0.25, -0.2) is 19.3 Å². The predicted molar refractivity (Wildman–Crippen MR) is 198 cm³/mol. The predicted octanol–water partition coefficient (Wildman–Crippen LogP) is 6.17. The van der Waals surface area contributed by atoms with Crippen molar-refractivity contribution in [3.63, 3.8) is 0 Å². The molecule has 0 saturated heterocycles. The Bertz CT molecular complexity index is 2100. The maximum Gasteiger partial charge on any atom is 0.341 e. The van der Waals surface area contributed by atoms with Crippen molar-refractivity contribution in [3.05, 3.63) is 121 Å². The summed E-state index contributed by atoms with van der Waals surface area (Å²) in [6.45, 7) is 5.24. The monoisotopic (exact) mass is 740 g/mol. The van der Waals surface area contributed by atoms with Crippen LogP contribution in [0, 0.1) is 13.8 Å². The molecule has 8 bridgehead atoms. The average molecular weight is 741 g/mol. The Kier molecular flexibility index (Phi) is 12.7. The van der Waals surface area contributed by atoms with Crippen LogP contribution in [-0.4, -0.2) is 70.7 Å². The number of ketones is 1. The Labute approximate surface area is 312 Å². The number of hydrogen-bond donors (Lipinski definition) is 4. The quantitative estimate of drug-likeness (QED) is 0.0578. The zero-order valence-corrected chi connectivity index (χ0v) is 30.7. The summed E-state index contributed by atoms with van der Waals surface area (Å²) >= 11 is 0. The Morgan fingerprint density at radius 1 is 0.500 bits per heavy atom. The van der Waals surface area contributed by atoms with Crippen LogP contribution in [-0.2, 0) is 57.8 Å². The molecule has 1 aliphatic rings. The van der Waals surface area contributed by atoms with Crippen LogP contribution in [0.3, 0.4) is 0 Å². The summed E-state index contributed by atoms with van der Waals surface area (Å²) in [5.41, 5.74) is 8.77. The van der Waals surface area contributed by atoms with Gasteiger partial charge in [-0.15, -0.1) is 0 Å². The fourth-order valence-electron chi connectivity index (χ4n) is 7.27. The van der Waals surface area contributed by atoms with Gasteiger partial charge in [-0.1, -0.05) is 73.5 Å². The standard InChI is InChI=1S/C42H44O12/c1-5-25-11-27-15-29-7-23(3)8-30(40(29)51-20-36(44)45)17-31-9-24(4)10-32(41(31)52-21-37(46)47)18-34-14-26(6-2)13-33(42(34)53-22-38(48)49)16-28(12-25)39(27)35(43)19-54-50/h7-14,50H,5-6,15-22H2,1-4H3,(H,44,45)(H,46,47)(H,48,49). The molecular formula is C42H44O12. The number of carbonyl (C=O) groups excluding carboxylic acids is 1. The zero-order valence-electron chi connectivity index (χ0n) is 30.7. The van der Waals surface area contributed by atoms with E-state index >= 15 is 0 Å². The Morgan fingerprint density at radius 3 is 1.09 bits per heavy atom. The van der Waals surface area contributed by atoms with Crippen LogP contribution < -0.4 is 14.2 Å². The SMILES string of the molecule is CCc1cc2c(OCC(=O)O)c(c1)Cc1cc(CC)cc(c1C(=O)COO)Cc1cc(C)cc(c1OCC(=O)O)Cc1cc(C)cc(c1OCC(=O)O)C2. The van der Waals surface area contributed by atoms with Gasteiger partial charge < -0.3 is 29.5 Å². The molecule has 284 valence electrons. The van der Waals surface area contributed by atoms with Crippen LogP contribution in [0.15, 0.2) is 48.5 Å². The highest BCUT2D eigenvalue weighted by Crippen LogP contribution is 2.39. The number of Topliss-reactive ketones (excluding diaryl/α,β-unsaturated/α-hetero) is 1. The van der Waals surface area contributed by atoms with Crippen molar-refractivity contribution < 1.29 is 58.9 Å². The Hall–Kier alpha value is -5.72. The third-order valence-corrected chi connectivity index (χ3v) is 9.27. The third-order valence-electron chi connectivity index (χ3n) is 9.27. The van der Waals surface area contributed by atoms with E-state index < -0.39 is 50.1 Å². The maximum atomic E-state index is 13.9. The lowest BCUT2D eigenvalue weighted by atomic mass is 9.85. The van der Waals surface area contributed by atoms with Crippen LogP contribution in [0.5, 0.6) is 17.2 Å². The smallest absolute Gasteiger partial charge is 0.341 e. The molecule has 4 aromatic carbocycles. The van der Waals surface area contributed by atoms with E-state index in [1.54, 1.807) is 0 Å². The number of carbonyl (C=O) groups is 4. The lowest BCUT2D eigenvalue weighted by molar-refractivity contribution is -0.230. The van der Waals surface area contributed by atoms with E-state index in [1.165, 1.54) is 0 Å². The van der Waals surface area contributed by atoms with Gasteiger partial charge in [-0.05, 0) is 82.3 Å². The second-order valence-electron chi connectivity index (χ2n) is 13.5. The van der Waals surface area contributed by atoms with Crippen LogP contribution >= 0.6 is 0 Å². The van der Waals surface area contributed by atoms with E-state index in [0.29, 0.717) is 80.2 Å². The van der Waals surface area contributed by atoms with Crippen molar-refractivity contribution in [2.75, 3.05) is 26.4 Å². The van der Waals surface area contributed by atoms with Gasteiger partial charge in [0, 0.05) is 31.2 Å². The first-order chi connectivity index (χ1) is 25.8. The number of carboxylic acids is 3. The molecule has 0 aromatic heterocycles. The molecule has 0 aliphatic heterocycles. The summed E-state index contributed by atoms with van der Waals surface area (Å²) in [5, 5.41) is 38.5. The average Bonchev–Trinajstić information content (AvgIpc) is 3.09. The first-order valence-electron chi connectivity index (χ1n) is 17.7. The second kappa shape index (κ2) is 17.4. The van der Waals surface area contributed by atoms with Gasteiger partial charge in [0.05, 0.1) is 0 Å². The second-order valence-corrected chi connectivity index (χ2v) is 13.5. The van der Waals surface area contributed by atoms with Crippen molar-refractivity contribution in [2.45, 2.75) is 66.2 Å². The Balaban J connectivity index is 1.91. The molecule has 0 saturated carbocycles. The highest BCUT2D eigenvalue weighted by molar-refractivity contribution is 6.00. The van der Waals surface area contributed by atoms with Gasteiger partial charge in [0.1, 0.15) is 23.9 Å². The molecule has 0 unspecified atom stereocenters. The lowest BCUT2D eigenvalue weighted by Gasteiger charge is -2.23. The van der Waals surface area contributed by atoms with Gasteiger partial charge >= 0.3 is 17.9 Å². The van der Waals surface area contributed by atoms with E-state index in [4.69, 9.17) is 14.2 Å². The number of aryl methyl sites for hydroxylation is 4. The van der Waals surface area contributed by atoms with E-state index in [9.17, 15) is 39.8 Å². The molecule has 0 amide bonds. The van der Waals surface area contributed by atoms with E-state index in [0.717, 1.165) is 22.3 Å². The highest BCUT2D eigenvalue weighted by atomic mass is 17.1. The first kappa shape index (κ1) is 39.5. The summed E-state index contributed by atoms with van der Waals surface area (Å²) in [6, 6.07) is 15.2. The largest absolute Gasteiger partial charge is 0.481 e. The molecule has 1 aliphatic carbocycles. The topological polar surface area (TPSA) is 186 Å². The molecule has 12 heteroatoms. The van der Waals surface area contributed by atoms with Gasteiger partial charge in [0.25, 0.3) is 0 Å². The number of ether oxygens (including phenoxy) is 3. The Morgan fingerprint density at radius 2 is 0.796 bits per heavy atom. The fraction of sp³-hybridized carbons (Fsp3) is 0.333.